The van der Waals surface area contributed by atoms with E-state index in [0.717, 1.165) is 28.4 Å². The number of nitrogens with two attached hydrogens (primary N) is 1. The molecule has 0 fully saturated rings. The predicted molar refractivity (Wildman–Crippen MR) is 133 cm³/mol. The van der Waals surface area contributed by atoms with E-state index in [0.29, 0.717) is 5.69 Å². The number of primary amides is 1. The minimum Gasteiger partial charge on any atom is -0.465 e. The molecule has 0 saturated heterocycles. The Kier molecular flexibility index (Phi) is 6.82. The molecule has 2 amide bonds. The molecule has 0 aliphatic carbocycles. The maximum atomic E-state index is 15.0. The molecule has 35 heavy (non-hydrogen) atoms. The van der Waals surface area contributed by atoms with Gasteiger partial charge in [0.1, 0.15) is 5.82 Å². The normalized spacial score (nSPS) is 12.8. The molecule has 6 N–H and O–H groups in total. The number of thiophene rings is 1. The standard InChI is InChI=1S/C23H24FN7O3S/c1-3-31-17-7-6-14(9-13(17)11-26-31)28-21-15(20(25)32)10-16(24)22(30-21)29-19(12(2)27-23(33)34)18-5-4-8-35-18/h4-12,19,27H,3H2,1-2H3,(H2,25,32)(H,33,34)(H2,28,29,30)/t12-,19-/m0/s1. The SMILES string of the molecule is CCn1ncc2cc(Nc3nc(N[C@H](c4cccs4)[C@H](C)NC(=O)O)c(F)cc3C(N)=O)ccc21. The number of rotatable bonds is 9. The van der Waals surface area contributed by atoms with Gasteiger partial charge in [-0.2, -0.15) is 5.10 Å². The Balaban J connectivity index is 1.70. The number of fused-ring (bicyclic) bond motifs is 1. The number of aryl methyl sites for hydroxylation is 1. The summed E-state index contributed by atoms with van der Waals surface area (Å²) in [6.07, 6.45) is 0.523. The quantitative estimate of drug-likeness (QED) is 0.232. The molecule has 182 valence electrons. The third kappa shape index (κ3) is 5.17. The van der Waals surface area contributed by atoms with Gasteiger partial charge in [-0.3, -0.25) is 9.48 Å². The van der Waals surface area contributed by atoms with Crippen molar-refractivity contribution in [2.24, 2.45) is 5.73 Å². The van der Waals surface area contributed by atoms with Crippen LogP contribution in [0.5, 0.6) is 0 Å². The number of halogens is 1. The summed E-state index contributed by atoms with van der Waals surface area (Å²) in [6, 6.07) is 8.92. The number of hydrogen-bond acceptors (Lipinski definition) is 7. The Morgan fingerprint density at radius 2 is 2.06 bits per heavy atom. The minimum atomic E-state index is -1.21. The van der Waals surface area contributed by atoms with E-state index in [4.69, 9.17) is 10.8 Å². The molecule has 1 aromatic carbocycles. The van der Waals surface area contributed by atoms with E-state index in [2.05, 4.69) is 26.0 Å². The summed E-state index contributed by atoms with van der Waals surface area (Å²) < 4.78 is 16.9. The zero-order valence-electron chi connectivity index (χ0n) is 18.9. The zero-order chi connectivity index (χ0) is 25.1. The number of carboxylic acid groups (broad SMARTS) is 1. The van der Waals surface area contributed by atoms with Crippen LogP contribution in [0.2, 0.25) is 0 Å². The van der Waals surface area contributed by atoms with Crippen molar-refractivity contribution in [1.29, 1.82) is 0 Å². The maximum absolute atomic E-state index is 15.0. The van der Waals surface area contributed by atoms with E-state index in [9.17, 15) is 9.59 Å². The molecular formula is C23H24FN7O3S. The lowest BCUT2D eigenvalue weighted by molar-refractivity contribution is 0.100. The Bertz CT molecular complexity index is 1370. The lowest BCUT2D eigenvalue weighted by Crippen LogP contribution is -2.39. The van der Waals surface area contributed by atoms with Gasteiger partial charge in [-0.15, -0.1) is 11.3 Å². The molecule has 0 bridgehead atoms. The molecule has 0 aliphatic heterocycles. The van der Waals surface area contributed by atoms with E-state index >= 15 is 4.39 Å². The Labute approximate surface area is 204 Å². The first-order chi connectivity index (χ1) is 16.8. The number of pyridine rings is 1. The highest BCUT2D eigenvalue weighted by atomic mass is 32.1. The van der Waals surface area contributed by atoms with Crippen molar-refractivity contribution in [3.63, 3.8) is 0 Å². The van der Waals surface area contributed by atoms with E-state index in [1.165, 1.54) is 11.3 Å². The fourth-order valence-corrected chi connectivity index (χ4v) is 4.64. The highest BCUT2D eigenvalue weighted by Crippen LogP contribution is 2.30. The first-order valence-corrected chi connectivity index (χ1v) is 11.7. The number of aromatic nitrogens is 3. The molecule has 0 radical (unpaired) electrons. The number of hydrogen-bond donors (Lipinski definition) is 5. The van der Waals surface area contributed by atoms with Gasteiger partial charge in [0.2, 0.25) is 0 Å². The summed E-state index contributed by atoms with van der Waals surface area (Å²) in [6.45, 7) is 4.37. The topological polar surface area (TPSA) is 147 Å². The molecule has 0 saturated carbocycles. The molecule has 3 aromatic heterocycles. The van der Waals surface area contributed by atoms with E-state index in [-0.39, 0.29) is 17.2 Å². The van der Waals surface area contributed by atoms with Crippen molar-refractivity contribution in [1.82, 2.24) is 20.1 Å². The van der Waals surface area contributed by atoms with Gasteiger partial charge in [0.15, 0.2) is 11.6 Å². The predicted octanol–water partition coefficient (Wildman–Crippen LogP) is 4.30. The average Bonchev–Trinajstić information content (AvgIpc) is 3.48. The fraction of sp³-hybridized carbons (Fsp3) is 0.217. The molecule has 0 unspecified atom stereocenters. The highest BCUT2D eigenvalue weighted by Gasteiger charge is 2.25. The third-order valence-corrected chi connectivity index (χ3v) is 6.39. The first-order valence-electron chi connectivity index (χ1n) is 10.8. The fourth-order valence-electron chi connectivity index (χ4n) is 3.76. The monoisotopic (exact) mass is 497 g/mol. The largest absolute Gasteiger partial charge is 0.465 e. The van der Waals surface area contributed by atoms with Crippen LogP contribution in [0.15, 0.2) is 48.0 Å². The Morgan fingerprint density at radius 3 is 2.71 bits per heavy atom. The van der Waals surface area contributed by atoms with Crippen molar-refractivity contribution < 1.29 is 19.1 Å². The molecular weight excluding hydrogens is 473 g/mol. The third-order valence-electron chi connectivity index (χ3n) is 5.44. The summed E-state index contributed by atoms with van der Waals surface area (Å²) in [5, 5.41) is 24.6. The second-order valence-electron chi connectivity index (χ2n) is 7.81. The summed E-state index contributed by atoms with van der Waals surface area (Å²) in [7, 11) is 0. The number of nitrogens with zero attached hydrogens (tertiary/aromatic N) is 3. The van der Waals surface area contributed by atoms with Crippen molar-refractivity contribution >= 4 is 51.6 Å². The summed E-state index contributed by atoms with van der Waals surface area (Å²) in [4.78, 5) is 28.3. The van der Waals surface area contributed by atoms with E-state index in [1.54, 1.807) is 19.2 Å². The summed E-state index contributed by atoms with van der Waals surface area (Å²) in [5.74, 6) is -1.74. The van der Waals surface area contributed by atoms with E-state index < -0.39 is 29.9 Å². The van der Waals surface area contributed by atoms with Crippen LogP contribution in [-0.4, -0.2) is 37.9 Å². The second kappa shape index (κ2) is 9.97. The molecule has 2 atom stereocenters. The van der Waals surface area contributed by atoms with Crippen molar-refractivity contribution in [2.75, 3.05) is 10.6 Å². The average molecular weight is 498 g/mol. The molecule has 0 spiro atoms. The maximum Gasteiger partial charge on any atom is 0.404 e. The summed E-state index contributed by atoms with van der Waals surface area (Å²) >= 11 is 1.39. The van der Waals surface area contributed by atoms with Gasteiger partial charge in [0.05, 0.1) is 29.4 Å². The lowest BCUT2D eigenvalue weighted by atomic mass is 10.1. The van der Waals surface area contributed by atoms with Gasteiger partial charge in [-0.1, -0.05) is 6.07 Å². The van der Waals surface area contributed by atoms with Crippen LogP contribution in [0.4, 0.5) is 26.5 Å². The molecule has 4 aromatic rings. The molecule has 3 heterocycles. The van der Waals surface area contributed by atoms with E-state index in [1.807, 2.05) is 41.3 Å². The van der Waals surface area contributed by atoms with Gasteiger partial charge in [-0.05, 0) is 49.6 Å². The van der Waals surface area contributed by atoms with Crippen LogP contribution in [0, 0.1) is 5.82 Å². The van der Waals surface area contributed by atoms with Gasteiger partial charge >= 0.3 is 6.09 Å². The summed E-state index contributed by atoms with van der Waals surface area (Å²) in [5.41, 5.74) is 6.92. The van der Waals surface area contributed by atoms with Crippen molar-refractivity contribution in [2.45, 2.75) is 32.5 Å². The van der Waals surface area contributed by atoms with Crippen LogP contribution in [-0.2, 0) is 6.54 Å². The number of anilines is 3. The number of amides is 2. The van der Waals surface area contributed by atoms with Crippen molar-refractivity contribution in [3.05, 3.63) is 64.2 Å². The Hall–Kier alpha value is -4.19. The Morgan fingerprint density at radius 1 is 1.26 bits per heavy atom. The van der Waals surface area contributed by atoms with Crippen LogP contribution in [0.1, 0.15) is 35.1 Å². The van der Waals surface area contributed by atoms with Gasteiger partial charge in [0.25, 0.3) is 5.91 Å². The van der Waals surface area contributed by atoms with Gasteiger partial charge in [-0.25, -0.2) is 14.2 Å². The van der Waals surface area contributed by atoms with Crippen LogP contribution < -0.4 is 21.7 Å². The zero-order valence-corrected chi connectivity index (χ0v) is 19.8. The molecule has 4 rings (SSSR count). The number of carbonyl (C=O) groups is 2. The molecule has 12 heteroatoms. The molecule has 10 nitrogen and oxygen atoms in total. The number of benzene rings is 1. The number of carbonyl (C=O) groups excluding carboxylic acids is 1. The second-order valence-corrected chi connectivity index (χ2v) is 8.79. The highest BCUT2D eigenvalue weighted by molar-refractivity contribution is 7.10. The van der Waals surface area contributed by atoms with Gasteiger partial charge in [0, 0.05) is 22.5 Å². The van der Waals surface area contributed by atoms with Crippen LogP contribution in [0.3, 0.4) is 0 Å². The van der Waals surface area contributed by atoms with Gasteiger partial charge < -0.3 is 26.8 Å². The minimum absolute atomic E-state index is 0.0624. The van der Waals surface area contributed by atoms with Crippen LogP contribution >= 0.6 is 11.3 Å². The van der Waals surface area contributed by atoms with Crippen LogP contribution in [0.25, 0.3) is 10.9 Å². The molecule has 0 aliphatic rings. The van der Waals surface area contributed by atoms with Crippen molar-refractivity contribution in [3.8, 4) is 0 Å². The first kappa shape index (κ1) is 24.0. The number of nitrogens with one attached hydrogen (secondary N) is 3. The lowest BCUT2D eigenvalue weighted by Gasteiger charge is -2.25. The smallest absolute Gasteiger partial charge is 0.404 e.